The first kappa shape index (κ1) is 17.3. The first-order valence-electron chi connectivity index (χ1n) is 8.54. The van der Waals surface area contributed by atoms with E-state index in [0.717, 1.165) is 49.4 Å². The molecule has 0 aliphatic carbocycles. The normalized spacial score (nSPS) is 10.7. The number of methoxy groups -OCH3 is 2. The minimum absolute atomic E-state index is 0.683. The fraction of sp³-hybridized carbons (Fsp3) is 0.0870. The van der Waals surface area contributed by atoms with E-state index in [1.807, 2.05) is 60.7 Å². The van der Waals surface area contributed by atoms with Gasteiger partial charge in [-0.05, 0) is 53.6 Å². The summed E-state index contributed by atoms with van der Waals surface area (Å²) in [5, 5.41) is 1.11. The summed E-state index contributed by atoms with van der Waals surface area (Å²) in [6, 6.07) is 21.8. The molecule has 4 heteroatoms. The lowest BCUT2D eigenvalue weighted by molar-refractivity contribution is 0.112. The molecule has 0 amide bonds. The average molecular weight is 374 g/mol. The molecule has 0 aliphatic heterocycles. The maximum absolute atomic E-state index is 11.7. The van der Waals surface area contributed by atoms with Crippen molar-refractivity contribution in [3.05, 3.63) is 72.3 Å². The minimum atomic E-state index is 0.683. The number of benzene rings is 3. The van der Waals surface area contributed by atoms with Gasteiger partial charge in [0.15, 0.2) is 6.29 Å². The van der Waals surface area contributed by atoms with Gasteiger partial charge in [0.25, 0.3) is 0 Å². The van der Waals surface area contributed by atoms with Crippen LogP contribution in [-0.2, 0) is 0 Å². The molecule has 1 aromatic heterocycles. The predicted octanol–water partition coefficient (Wildman–Crippen LogP) is 6.07. The Morgan fingerprint density at radius 1 is 0.852 bits per heavy atom. The van der Waals surface area contributed by atoms with E-state index in [4.69, 9.17) is 9.47 Å². The average Bonchev–Trinajstić information content (AvgIpc) is 3.12. The van der Waals surface area contributed by atoms with Crippen molar-refractivity contribution in [2.24, 2.45) is 0 Å². The lowest BCUT2D eigenvalue weighted by Gasteiger charge is -2.09. The third-order valence-electron chi connectivity index (χ3n) is 4.61. The van der Waals surface area contributed by atoms with Crippen LogP contribution >= 0.6 is 11.3 Å². The van der Waals surface area contributed by atoms with Crippen LogP contribution in [0.15, 0.2) is 66.7 Å². The zero-order chi connectivity index (χ0) is 18.8. The van der Waals surface area contributed by atoms with Gasteiger partial charge in [0, 0.05) is 26.1 Å². The number of carbonyl (C=O) groups excluding carboxylic acids is 1. The quantitative estimate of drug-likeness (QED) is 0.398. The minimum Gasteiger partial charge on any atom is -0.497 e. The Balaban J connectivity index is 2.02. The molecule has 0 radical (unpaired) electrons. The van der Waals surface area contributed by atoms with Crippen molar-refractivity contribution >= 4 is 27.7 Å². The van der Waals surface area contributed by atoms with E-state index in [1.54, 1.807) is 25.6 Å². The Hall–Kier alpha value is -3.11. The topological polar surface area (TPSA) is 35.5 Å². The van der Waals surface area contributed by atoms with Crippen LogP contribution in [0.4, 0.5) is 0 Å². The molecule has 0 N–H and O–H groups in total. The van der Waals surface area contributed by atoms with Gasteiger partial charge in [0.1, 0.15) is 11.5 Å². The second-order valence-electron chi connectivity index (χ2n) is 6.10. The SMILES string of the molecule is COc1ccc(-c2sc3cc(OC)ccc3c2-c2ccccc2C=O)cc1. The summed E-state index contributed by atoms with van der Waals surface area (Å²) in [4.78, 5) is 12.8. The number of fused-ring (bicyclic) bond motifs is 1. The number of thiophene rings is 1. The van der Waals surface area contributed by atoms with Crippen molar-refractivity contribution in [1.29, 1.82) is 0 Å². The van der Waals surface area contributed by atoms with E-state index in [2.05, 4.69) is 6.07 Å². The standard InChI is InChI=1S/C23H18O3S/c1-25-17-9-7-15(8-10-17)23-22(19-6-4-3-5-16(19)14-24)20-12-11-18(26-2)13-21(20)27-23/h3-14H,1-2H3. The highest BCUT2D eigenvalue weighted by Crippen LogP contribution is 2.46. The zero-order valence-electron chi connectivity index (χ0n) is 15.1. The van der Waals surface area contributed by atoms with E-state index >= 15 is 0 Å². The second kappa shape index (κ2) is 7.25. The molecule has 0 spiro atoms. The number of rotatable bonds is 5. The summed E-state index contributed by atoms with van der Waals surface area (Å²) < 4.78 is 11.8. The Morgan fingerprint density at radius 2 is 1.56 bits per heavy atom. The lowest BCUT2D eigenvalue weighted by Crippen LogP contribution is -1.88. The summed E-state index contributed by atoms with van der Waals surface area (Å²) in [7, 11) is 3.33. The van der Waals surface area contributed by atoms with Gasteiger partial charge in [0.05, 0.1) is 14.2 Å². The van der Waals surface area contributed by atoms with E-state index in [1.165, 1.54) is 0 Å². The molecule has 4 aromatic rings. The van der Waals surface area contributed by atoms with E-state index in [9.17, 15) is 4.79 Å². The summed E-state index contributed by atoms with van der Waals surface area (Å²) in [6.07, 6.45) is 0.917. The number of ether oxygens (including phenoxy) is 2. The summed E-state index contributed by atoms with van der Waals surface area (Å²) in [6.45, 7) is 0. The van der Waals surface area contributed by atoms with Gasteiger partial charge >= 0.3 is 0 Å². The van der Waals surface area contributed by atoms with Gasteiger partial charge in [-0.15, -0.1) is 11.3 Å². The van der Waals surface area contributed by atoms with Crippen LogP contribution in [0.1, 0.15) is 10.4 Å². The van der Waals surface area contributed by atoms with Crippen molar-refractivity contribution in [1.82, 2.24) is 0 Å². The van der Waals surface area contributed by atoms with Crippen molar-refractivity contribution in [3.8, 4) is 33.1 Å². The number of aldehydes is 1. The van der Waals surface area contributed by atoms with Crippen LogP contribution in [-0.4, -0.2) is 20.5 Å². The molecule has 0 saturated heterocycles. The molecular formula is C23H18O3S. The van der Waals surface area contributed by atoms with Gasteiger partial charge in [0.2, 0.25) is 0 Å². The molecule has 0 saturated carbocycles. The molecule has 0 bridgehead atoms. The third-order valence-corrected chi connectivity index (χ3v) is 5.81. The fourth-order valence-electron chi connectivity index (χ4n) is 3.24. The molecule has 0 atom stereocenters. The van der Waals surface area contributed by atoms with Gasteiger partial charge in [-0.3, -0.25) is 4.79 Å². The number of carbonyl (C=O) groups is 1. The number of hydrogen-bond acceptors (Lipinski definition) is 4. The molecule has 1 heterocycles. The molecule has 0 unspecified atom stereocenters. The second-order valence-corrected chi connectivity index (χ2v) is 7.15. The van der Waals surface area contributed by atoms with Gasteiger partial charge in [-0.25, -0.2) is 0 Å². The first-order valence-corrected chi connectivity index (χ1v) is 9.36. The maximum atomic E-state index is 11.7. The number of hydrogen-bond donors (Lipinski definition) is 0. The maximum Gasteiger partial charge on any atom is 0.150 e. The smallest absolute Gasteiger partial charge is 0.150 e. The molecule has 134 valence electrons. The Labute approximate surface area is 161 Å². The summed E-state index contributed by atoms with van der Waals surface area (Å²) in [5.74, 6) is 1.64. The van der Waals surface area contributed by atoms with Crippen molar-refractivity contribution in [2.75, 3.05) is 14.2 Å². The lowest BCUT2D eigenvalue weighted by atomic mass is 9.95. The molecule has 3 nitrogen and oxygen atoms in total. The van der Waals surface area contributed by atoms with E-state index in [0.29, 0.717) is 5.56 Å². The molecule has 0 fully saturated rings. The molecule has 0 aliphatic rings. The van der Waals surface area contributed by atoms with E-state index in [-0.39, 0.29) is 0 Å². The molecule has 27 heavy (non-hydrogen) atoms. The van der Waals surface area contributed by atoms with Crippen LogP contribution in [0.2, 0.25) is 0 Å². The fourth-order valence-corrected chi connectivity index (χ4v) is 4.50. The highest BCUT2D eigenvalue weighted by Gasteiger charge is 2.18. The Kier molecular flexibility index (Phi) is 4.65. The Bertz CT molecular complexity index is 1110. The largest absolute Gasteiger partial charge is 0.497 e. The highest BCUT2D eigenvalue weighted by atomic mass is 32.1. The molecule has 4 rings (SSSR count). The Morgan fingerprint density at radius 3 is 2.26 bits per heavy atom. The van der Waals surface area contributed by atoms with Crippen molar-refractivity contribution in [2.45, 2.75) is 0 Å². The third kappa shape index (κ3) is 3.09. The van der Waals surface area contributed by atoms with E-state index < -0.39 is 0 Å². The van der Waals surface area contributed by atoms with Crippen molar-refractivity contribution < 1.29 is 14.3 Å². The van der Waals surface area contributed by atoms with Gasteiger partial charge < -0.3 is 9.47 Å². The highest BCUT2D eigenvalue weighted by molar-refractivity contribution is 7.23. The predicted molar refractivity (Wildman–Crippen MR) is 111 cm³/mol. The summed E-state index contributed by atoms with van der Waals surface area (Å²) in [5.41, 5.74) is 3.79. The van der Waals surface area contributed by atoms with Gasteiger partial charge in [-0.2, -0.15) is 0 Å². The molecular weight excluding hydrogens is 356 g/mol. The van der Waals surface area contributed by atoms with Gasteiger partial charge in [-0.1, -0.05) is 24.3 Å². The summed E-state index contributed by atoms with van der Waals surface area (Å²) >= 11 is 1.70. The molecule has 3 aromatic carbocycles. The van der Waals surface area contributed by atoms with Crippen LogP contribution < -0.4 is 9.47 Å². The monoisotopic (exact) mass is 374 g/mol. The van der Waals surface area contributed by atoms with Crippen LogP contribution in [0.5, 0.6) is 11.5 Å². The first-order chi connectivity index (χ1) is 13.2. The zero-order valence-corrected chi connectivity index (χ0v) is 15.9. The van der Waals surface area contributed by atoms with Crippen LogP contribution in [0, 0.1) is 0 Å². The van der Waals surface area contributed by atoms with Crippen molar-refractivity contribution in [3.63, 3.8) is 0 Å². The van der Waals surface area contributed by atoms with Crippen LogP contribution in [0.25, 0.3) is 31.7 Å². The van der Waals surface area contributed by atoms with Crippen LogP contribution in [0.3, 0.4) is 0 Å².